The zero-order chi connectivity index (χ0) is 10.2. The number of hydrogen-bond donors (Lipinski definition) is 2. The molecule has 5 heteroatoms. The van der Waals surface area contributed by atoms with Crippen LogP contribution in [0.3, 0.4) is 0 Å². The Morgan fingerprint density at radius 1 is 1.54 bits per heavy atom. The molecule has 0 aliphatic carbocycles. The average molecular weight is 186 g/mol. The van der Waals surface area contributed by atoms with Crippen molar-refractivity contribution in [2.75, 3.05) is 6.54 Å². The third kappa shape index (κ3) is 1.80. The largest absolute Gasteiger partial charge is 0.381 e. The molecule has 74 valence electrons. The van der Waals surface area contributed by atoms with Gasteiger partial charge in [0.2, 0.25) is 5.91 Å². The third-order valence-electron chi connectivity index (χ3n) is 2.13. The van der Waals surface area contributed by atoms with Crippen LogP contribution in [0.5, 0.6) is 0 Å². The number of hydrogen-bond acceptors (Lipinski definition) is 3. The number of nitrogens with zero attached hydrogens (tertiary/aromatic N) is 1. The lowest BCUT2D eigenvalue weighted by atomic mass is 9.98. The molecular formula is C8H14N2O3. The van der Waals surface area contributed by atoms with Crippen molar-refractivity contribution in [2.45, 2.75) is 31.9 Å². The van der Waals surface area contributed by atoms with Crippen molar-refractivity contribution in [3.05, 3.63) is 0 Å². The summed E-state index contributed by atoms with van der Waals surface area (Å²) in [5, 5.41) is 9.38. The summed E-state index contributed by atoms with van der Waals surface area (Å²) in [4.78, 5) is 23.5. The summed E-state index contributed by atoms with van der Waals surface area (Å²) in [6.07, 6.45) is 0.594. The number of primary amides is 1. The van der Waals surface area contributed by atoms with Gasteiger partial charge in [-0.05, 0) is 20.3 Å². The normalized spacial score (nSPS) is 22.4. The van der Waals surface area contributed by atoms with Gasteiger partial charge in [-0.25, -0.2) is 0 Å². The molecule has 0 radical (unpaired) electrons. The highest BCUT2D eigenvalue weighted by molar-refractivity contribution is 5.91. The molecule has 1 unspecified atom stereocenters. The first kappa shape index (κ1) is 9.98. The van der Waals surface area contributed by atoms with Crippen molar-refractivity contribution in [3.8, 4) is 0 Å². The highest BCUT2D eigenvalue weighted by atomic mass is 16.3. The molecule has 1 heterocycles. The molecule has 1 aliphatic rings. The average Bonchev–Trinajstić information content (AvgIpc) is 1.80. The minimum Gasteiger partial charge on any atom is -0.381 e. The van der Waals surface area contributed by atoms with Gasteiger partial charge in [-0.2, -0.15) is 0 Å². The Balaban J connectivity index is 2.65. The van der Waals surface area contributed by atoms with Gasteiger partial charge in [-0.1, -0.05) is 0 Å². The fourth-order valence-corrected chi connectivity index (χ4v) is 1.28. The molecule has 13 heavy (non-hydrogen) atoms. The molecule has 0 spiro atoms. The number of amides is 2. The predicted octanol–water partition coefficient (Wildman–Crippen LogP) is -1.16. The standard InChI is InChI=1S/C8H14N2O3/c1-8(2,13)7(12)10-4-3-5(10)6(9)11/h5,13H,3-4H2,1-2H3,(H2,9,11). The van der Waals surface area contributed by atoms with Crippen LogP contribution in [0.4, 0.5) is 0 Å². The van der Waals surface area contributed by atoms with E-state index in [1.165, 1.54) is 18.7 Å². The van der Waals surface area contributed by atoms with Crippen molar-refractivity contribution in [1.82, 2.24) is 4.90 Å². The van der Waals surface area contributed by atoms with Crippen LogP contribution >= 0.6 is 0 Å². The Kier molecular flexibility index (Phi) is 2.30. The predicted molar refractivity (Wildman–Crippen MR) is 45.6 cm³/mol. The number of likely N-dealkylation sites (tertiary alicyclic amines) is 1. The van der Waals surface area contributed by atoms with Gasteiger partial charge in [0, 0.05) is 6.54 Å². The van der Waals surface area contributed by atoms with Crippen molar-refractivity contribution in [3.63, 3.8) is 0 Å². The van der Waals surface area contributed by atoms with E-state index < -0.39 is 23.5 Å². The first-order chi connectivity index (χ1) is 5.84. The maximum absolute atomic E-state index is 11.4. The minimum absolute atomic E-state index is 0.442. The summed E-state index contributed by atoms with van der Waals surface area (Å²) in [5.41, 5.74) is 3.63. The zero-order valence-corrected chi connectivity index (χ0v) is 7.78. The fourth-order valence-electron chi connectivity index (χ4n) is 1.28. The van der Waals surface area contributed by atoms with Gasteiger partial charge in [0.15, 0.2) is 0 Å². The maximum Gasteiger partial charge on any atom is 0.254 e. The Morgan fingerprint density at radius 2 is 2.08 bits per heavy atom. The van der Waals surface area contributed by atoms with Crippen LogP contribution < -0.4 is 5.73 Å². The van der Waals surface area contributed by atoms with E-state index in [-0.39, 0.29) is 0 Å². The van der Waals surface area contributed by atoms with Gasteiger partial charge >= 0.3 is 0 Å². The van der Waals surface area contributed by atoms with E-state index in [4.69, 9.17) is 5.73 Å². The monoisotopic (exact) mass is 186 g/mol. The van der Waals surface area contributed by atoms with E-state index in [9.17, 15) is 14.7 Å². The van der Waals surface area contributed by atoms with Crippen LogP contribution in [0.15, 0.2) is 0 Å². The molecule has 0 aromatic rings. The van der Waals surface area contributed by atoms with Gasteiger partial charge in [0.25, 0.3) is 5.91 Å². The summed E-state index contributed by atoms with van der Waals surface area (Å²) >= 11 is 0. The fraction of sp³-hybridized carbons (Fsp3) is 0.750. The van der Waals surface area contributed by atoms with Crippen LogP contribution in [0.25, 0.3) is 0 Å². The van der Waals surface area contributed by atoms with Crippen molar-refractivity contribution in [1.29, 1.82) is 0 Å². The van der Waals surface area contributed by atoms with E-state index in [0.717, 1.165) is 0 Å². The molecule has 1 rings (SSSR count). The molecule has 0 aromatic carbocycles. The van der Waals surface area contributed by atoms with Crippen molar-refractivity contribution < 1.29 is 14.7 Å². The molecule has 1 aliphatic heterocycles. The summed E-state index contributed by atoms with van der Waals surface area (Å²) < 4.78 is 0. The van der Waals surface area contributed by atoms with Gasteiger partial charge in [0.05, 0.1) is 0 Å². The van der Waals surface area contributed by atoms with Gasteiger partial charge < -0.3 is 15.7 Å². The lowest BCUT2D eigenvalue weighted by Crippen LogP contribution is -2.61. The number of rotatable bonds is 2. The highest BCUT2D eigenvalue weighted by Crippen LogP contribution is 2.21. The first-order valence-corrected chi connectivity index (χ1v) is 4.17. The van der Waals surface area contributed by atoms with Gasteiger partial charge in [-0.15, -0.1) is 0 Å². The number of carbonyl (C=O) groups excluding carboxylic acids is 2. The molecule has 0 bridgehead atoms. The smallest absolute Gasteiger partial charge is 0.254 e. The molecular weight excluding hydrogens is 172 g/mol. The SMILES string of the molecule is CC(C)(O)C(=O)N1CCC1C(N)=O. The molecule has 5 nitrogen and oxygen atoms in total. The van der Waals surface area contributed by atoms with Crippen LogP contribution in [-0.2, 0) is 9.59 Å². The molecule has 1 atom stereocenters. The van der Waals surface area contributed by atoms with E-state index >= 15 is 0 Å². The first-order valence-electron chi connectivity index (χ1n) is 4.17. The lowest BCUT2D eigenvalue weighted by molar-refractivity contribution is -0.159. The second-order valence-corrected chi connectivity index (χ2v) is 3.76. The number of aliphatic hydroxyl groups is 1. The van der Waals surface area contributed by atoms with Crippen LogP contribution in [0.2, 0.25) is 0 Å². The Morgan fingerprint density at radius 3 is 2.31 bits per heavy atom. The van der Waals surface area contributed by atoms with E-state index in [0.29, 0.717) is 13.0 Å². The maximum atomic E-state index is 11.4. The number of carbonyl (C=O) groups is 2. The minimum atomic E-state index is -1.42. The summed E-state index contributed by atoms with van der Waals surface area (Å²) in [6, 6.07) is -0.529. The van der Waals surface area contributed by atoms with Crippen LogP contribution in [0, 0.1) is 0 Å². The van der Waals surface area contributed by atoms with E-state index in [2.05, 4.69) is 0 Å². The molecule has 0 saturated carbocycles. The van der Waals surface area contributed by atoms with Gasteiger partial charge in [0.1, 0.15) is 11.6 Å². The molecule has 0 aromatic heterocycles. The Labute approximate surface area is 76.5 Å². The molecule has 3 N–H and O–H groups in total. The van der Waals surface area contributed by atoms with Crippen LogP contribution in [0.1, 0.15) is 20.3 Å². The molecule has 2 amide bonds. The third-order valence-corrected chi connectivity index (χ3v) is 2.13. The second kappa shape index (κ2) is 2.99. The quantitative estimate of drug-likeness (QED) is 0.570. The molecule has 1 fully saturated rings. The lowest BCUT2D eigenvalue weighted by Gasteiger charge is -2.41. The summed E-state index contributed by atoms with van der Waals surface area (Å²) in [5.74, 6) is -0.952. The van der Waals surface area contributed by atoms with E-state index in [1.807, 2.05) is 0 Å². The summed E-state index contributed by atoms with van der Waals surface area (Å²) in [6.45, 7) is 3.29. The number of nitrogens with two attached hydrogens (primary N) is 1. The second-order valence-electron chi connectivity index (χ2n) is 3.76. The summed E-state index contributed by atoms with van der Waals surface area (Å²) in [7, 11) is 0. The van der Waals surface area contributed by atoms with Crippen LogP contribution in [-0.4, -0.2) is 40.0 Å². The van der Waals surface area contributed by atoms with Crippen molar-refractivity contribution >= 4 is 11.8 Å². The Bertz CT molecular complexity index is 244. The molecule has 1 saturated heterocycles. The Hall–Kier alpha value is -1.10. The highest BCUT2D eigenvalue weighted by Gasteiger charge is 2.41. The topological polar surface area (TPSA) is 83.6 Å². The zero-order valence-electron chi connectivity index (χ0n) is 7.78. The van der Waals surface area contributed by atoms with Gasteiger partial charge in [-0.3, -0.25) is 9.59 Å². The van der Waals surface area contributed by atoms with E-state index in [1.54, 1.807) is 0 Å². The van der Waals surface area contributed by atoms with Crippen molar-refractivity contribution in [2.24, 2.45) is 5.73 Å².